The van der Waals surface area contributed by atoms with Crippen molar-refractivity contribution >= 4 is 11.9 Å². The maximum absolute atomic E-state index is 12.9. The number of fused-ring (bicyclic) bond motifs is 7. The highest BCUT2D eigenvalue weighted by Crippen LogP contribution is 2.77. The Morgan fingerprint density at radius 3 is 2.05 bits per heavy atom. The van der Waals surface area contributed by atoms with Crippen LogP contribution in [0.2, 0.25) is 0 Å². The topological polar surface area (TPSA) is 83.8 Å². The van der Waals surface area contributed by atoms with Crippen LogP contribution >= 0.6 is 0 Å². The van der Waals surface area contributed by atoms with Crippen LogP contribution in [-0.2, 0) is 14.3 Å². The van der Waals surface area contributed by atoms with E-state index in [1.165, 1.54) is 6.92 Å². The summed E-state index contributed by atoms with van der Waals surface area (Å²) in [4.78, 5) is 24.8. The highest BCUT2D eigenvalue weighted by atomic mass is 16.5. The fourth-order valence-electron chi connectivity index (χ4n) is 12.0. The number of aliphatic hydroxyl groups is 1. The lowest BCUT2D eigenvalue weighted by molar-refractivity contribution is -0.266. The van der Waals surface area contributed by atoms with Gasteiger partial charge in [-0.3, -0.25) is 9.59 Å². The molecule has 5 rings (SSSR count). The number of aliphatic carboxylic acids is 1. The number of carbonyl (C=O) groups excluding carboxylic acids is 1. The number of hydrogen-bond acceptors (Lipinski definition) is 4. The molecule has 0 amide bonds. The van der Waals surface area contributed by atoms with Gasteiger partial charge in [0, 0.05) is 12.3 Å². The monoisotopic (exact) mass is 516 g/mol. The molecule has 5 saturated carbocycles. The Morgan fingerprint density at radius 2 is 1.43 bits per heavy atom. The summed E-state index contributed by atoms with van der Waals surface area (Å²) in [6.45, 7) is 17.9. The van der Waals surface area contributed by atoms with Gasteiger partial charge < -0.3 is 14.9 Å². The Labute approximate surface area is 224 Å². The van der Waals surface area contributed by atoms with E-state index in [2.05, 4.69) is 41.5 Å². The third kappa shape index (κ3) is 3.43. The summed E-state index contributed by atoms with van der Waals surface area (Å²) in [7, 11) is 0. The van der Waals surface area contributed by atoms with Crippen molar-refractivity contribution in [3.05, 3.63) is 0 Å². The van der Waals surface area contributed by atoms with Gasteiger partial charge in [0.2, 0.25) is 0 Å². The summed E-state index contributed by atoms with van der Waals surface area (Å²) < 4.78 is 5.87. The second kappa shape index (κ2) is 8.21. The number of carbonyl (C=O) groups is 2. The van der Waals surface area contributed by atoms with E-state index in [0.717, 1.165) is 51.4 Å². The Bertz CT molecular complexity index is 970. The summed E-state index contributed by atoms with van der Waals surface area (Å²) in [5.74, 6) is 0.610. The predicted octanol–water partition coefficient (Wildman–Crippen LogP) is 6.86. The zero-order chi connectivity index (χ0) is 27.4. The molecule has 0 heterocycles. The molecular formula is C32H52O5. The molecule has 0 bridgehead atoms. The number of ether oxygens (including phenoxy) is 1. The molecular weight excluding hydrogens is 464 g/mol. The second-order valence-electron chi connectivity index (χ2n) is 15.8. The van der Waals surface area contributed by atoms with E-state index in [1.807, 2.05) is 6.92 Å². The summed E-state index contributed by atoms with van der Waals surface area (Å²) in [6.07, 6.45) is 9.39. The van der Waals surface area contributed by atoms with Crippen molar-refractivity contribution in [3.63, 3.8) is 0 Å². The standard InChI is InChI=1S/C32H52O5/c1-19-25-21-9-10-23-28(5)13-12-24(37-20(2)33)27(3,4)22(28)11-14-30(23,7)29(21,6)15-17-32(25,26(34)35)18-16-31(19,8)36/h19,21-25,36H,9-18H2,1-8H3,(H,34,35)/t19-,21-,22+,23-,24+,25+,28+,29-,30-,31-,32-/m1/s1. The van der Waals surface area contributed by atoms with Crippen molar-refractivity contribution in [1.29, 1.82) is 0 Å². The van der Waals surface area contributed by atoms with E-state index in [9.17, 15) is 19.8 Å². The quantitative estimate of drug-likeness (QED) is 0.392. The van der Waals surface area contributed by atoms with Gasteiger partial charge in [0.25, 0.3) is 0 Å². The molecule has 0 radical (unpaired) electrons. The average molecular weight is 517 g/mol. The van der Waals surface area contributed by atoms with Gasteiger partial charge >= 0.3 is 11.9 Å². The average Bonchev–Trinajstić information content (AvgIpc) is 2.78. The van der Waals surface area contributed by atoms with Crippen LogP contribution in [0.4, 0.5) is 0 Å². The van der Waals surface area contributed by atoms with Crippen molar-refractivity contribution in [2.75, 3.05) is 0 Å². The molecule has 2 N–H and O–H groups in total. The zero-order valence-corrected chi connectivity index (χ0v) is 24.7. The number of hydrogen-bond donors (Lipinski definition) is 2. The third-order valence-corrected chi connectivity index (χ3v) is 14.4. The zero-order valence-electron chi connectivity index (χ0n) is 24.7. The minimum Gasteiger partial charge on any atom is -0.481 e. The van der Waals surface area contributed by atoms with Crippen LogP contribution in [0.3, 0.4) is 0 Å². The minimum atomic E-state index is -0.803. The van der Waals surface area contributed by atoms with Crippen molar-refractivity contribution in [2.24, 2.45) is 56.7 Å². The van der Waals surface area contributed by atoms with Crippen LogP contribution in [0.15, 0.2) is 0 Å². The lowest BCUT2D eigenvalue weighted by Crippen LogP contribution is -2.69. The van der Waals surface area contributed by atoms with Crippen LogP contribution < -0.4 is 0 Å². The third-order valence-electron chi connectivity index (χ3n) is 14.4. The van der Waals surface area contributed by atoms with Crippen LogP contribution in [0.5, 0.6) is 0 Å². The molecule has 5 heteroatoms. The Kier molecular flexibility index (Phi) is 6.09. The molecule has 0 aromatic carbocycles. The molecule has 0 aromatic heterocycles. The van der Waals surface area contributed by atoms with E-state index in [0.29, 0.717) is 30.6 Å². The molecule has 0 unspecified atom stereocenters. The molecule has 37 heavy (non-hydrogen) atoms. The van der Waals surface area contributed by atoms with Crippen molar-refractivity contribution < 1.29 is 24.5 Å². The van der Waals surface area contributed by atoms with Crippen molar-refractivity contribution in [3.8, 4) is 0 Å². The summed E-state index contributed by atoms with van der Waals surface area (Å²) >= 11 is 0. The summed E-state index contributed by atoms with van der Waals surface area (Å²) in [5.41, 5.74) is -1.17. The fraction of sp³-hybridized carbons (Fsp3) is 0.938. The first-order valence-corrected chi connectivity index (χ1v) is 15.1. The van der Waals surface area contributed by atoms with Gasteiger partial charge in [-0.15, -0.1) is 0 Å². The SMILES string of the molecule is CC(=O)O[C@H]1CC[C@]2(C)[C@H]3CC[C@@H]4[C@@H]5[C@@H](C)[C@](C)(O)CC[C@]5(C(=O)O)CC[C@@]4(C)[C@]3(C)CC[C@H]2C1(C)C. The largest absolute Gasteiger partial charge is 0.481 e. The van der Waals surface area contributed by atoms with E-state index >= 15 is 0 Å². The highest BCUT2D eigenvalue weighted by molar-refractivity contribution is 5.76. The number of carboxylic acid groups (broad SMARTS) is 1. The predicted molar refractivity (Wildman–Crippen MR) is 144 cm³/mol. The first-order valence-electron chi connectivity index (χ1n) is 15.1. The lowest BCUT2D eigenvalue weighted by Gasteiger charge is -2.74. The Hall–Kier alpha value is -1.10. The maximum Gasteiger partial charge on any atom is 0.309 e. The minimum absolute atomic E-state index is 0.0180. The van der Waals surface area contributed by atoms with Crippen LogP contribution in [-0.4, -0.2) is 33.9 Å². The number of rotatable bonds is 2. The summed E-state index contributed by atoms with van der Waals surface area (Å²) in [6, 6.07) is 0. The van der Waals surface area contributed by atoms with Crippen molar-refractivity contribution in [2.45, 2.75) is 131 Å². The molecule has 5 fully saturated rings. The molecule has 5 aliphatic rings. The van der Waals surface area contributed by atoms with E-state index in [4.69, 9.17) is 4.74 Å². The number of carboxylic acids is 1. The number of esters is 1. The molecule has 5 aliphatic carbocycles. The second-order valence-corrected chi connectivity index (χ2v) is 15.8. The van der Waals surface area contributed by atoms with Gasteiger partial charge in [-0.2, -0.15) is 0 Å². The van der Waals surface area contributed by atoms with Crippen molar-refractivity contribution in [1.82, 2.24) is 0 Å². The van der Waals surface area contributed by atoms with Crippen LogP contribution in [0.25, 0.3) is 0 Å². The first kappa shape index (κ1) is 27.5. The molecule has 11 atom stereocenters. The fourth-order valence-corrected chi connectivity index (χ4v) is 12.0. The summed E-state index contributed by atoms with van der Waals surface area (Å²) in [5, 5.41) is 22.0. The maximum atomic E-state index is 12.9. The van der Waals surface area contributed by atoms with Gasteiger partial charge in [0.15, 0.2) is 0 Å². The lowest BCUT2D eigenvalue weighted by atomic mass is 9.31. The van der Waals surface area contributed by atoms with Gasteiger partial charge in [-0.25, -0.2) is 0 Å². The smallest absolute Gasteiger partial charge is 0.309 e. The van der Waals surface area contributed by atoms with Gasteiger partial charge in [0.05, 0.1) is 11.0 Å². The first-order chi connectivity index (χ1) is 17.0. The Morgan fingerprint density at radius 1 is 0.784 bits per heavy atom. The molecule has 0 spiro atoms. The molecule has 0 aliphatic heterocycles. The van der Waals surface area contributed by atoms with Crippen LogP contribution in [0.1, 0.15) is 120 Å². The van der Waals surface area contributed by atoms with E-state index < -0.39 is 17.0 Å². The highest BCUT2D eigenvalue weighted by Gasteiger charge is 2.72. The molecule has 5 nitrogen and oxygen atoms in total. The molecule has 210 valence electrons. The van der Waals surface area contributed by atoms with Crippen LogP contribution in [0, 0.1) is 56.7 Å². The van der Waals surface area contributed by atoms with Gasteiger partial charge in [-0.05, 0) is 117 Å². The van der Waals surface area contributed by atoms with E-state index in [-0.39, 0.29) is 45.6 Å². The van der Waals surface area contributed by atoms with E-state index in [1.54, 1.807) is 0 Å². The Balaban J connectivity index is 1.53. The molecule has 0 saturated heterocycles. The normalized spacial score (nSPS) is 54.6. The van der Waals surface area contributed by atoms with Gasteiger partial charge in [-0.1, -0.05) is 41.5 Å². The molecule has 0 aromatic rings. The van der Waals surface area contributed by atoms with Gasteiger partial charge in [0.1, 0.15) is 6.10 Å².